The summed E-state index contributed by atoms with van der Waals surface area (Å²) in [5.74, 6) is 1.32. The maximum Gasteiger partial charge on any atom is 0.324 e. The number of aromatic nitrogens is 4. The van der Waals surface area contributed by atoms with Gasteiger partial charge in [0.25, 0.3) is 5.91 Å². The van der Waals surface area contributed by atoms with Crippen LogP contribution in [-0.4, -0.2) is 80.5 Å². The number of fused-ring (bicyclic) bond motifs is 1. The highest BCUT2D eigenvalue weighted by atomic mass is 32.2. The van der Waals surface area contributed by atoms with E-state index in [1.165, 1.54) is 60.7 Å². The van der Waals surface area contributed by atoms with Crippen molar-refractivity contribution in [2.45, 2.75) is 80.4 Å². The van der Waals surface area contributed by atoms with Crippen LogP contribution >= 0.6 is 0 Å². The Morgan fingerprint density at radius 1 is 0.978 bits per heavy atom. The Morgan fingerprint density at radius 2 is 1.64 bits per heavy atom. The van der Waals surface area contributed by atoms with Gasteiger partial charge in [0.05, 0.1) is 11.2 Å². The van der Waals surface area contributed by atoms with Crippen molar-refractivity contribution in [2.75, 3.05) is 17.2 Å². The molecule has 240 valence electrons. The van der Waals surface area contributed by atoms with E-state index in [0.717, 1.165) is 19.3 Å². The lowest BCUT2D eigenvalue weighted by atomic mass is 9.53. The van der Waals surface area contributed by atoms with Crippen LogP contribution in [0.2, 0.25) is 0 Å². The minimum Gasteiger partial charge on any atom is -0.387 e. The first-order valence-corrected chi connectivity index (χ1v) is 16.7. The summed E-state index contributed by atoms with van der Waals surface area (Å²) >= 11 is 0. The molecule has 2 aromatic heterocycles. The molecule has 15 nitrogen and oxygen atoms in total. The highest BCUT2D eigenvalue weighted by molar-refractivity contribution is 7.89. The molecular weight excluding hydrogens is 604 g/mol. The fourth-order valence-electron chi connectivity index (χ4n) is 8.08. The van der Waals surface area contributed by atoms with Crippen LogP contribution in [-0.2, 0) is 19.6 Å². The number of carbonyl (C=O) groups excluding carboxylic acids is 2. The summed E-state index contributed by atoms with van der Waals surface area (Å²) in [7, 11) is -3.74. The fraction of sp³-hybridized carbons (Fsp3) is 0.552. The van der Waals surface area contributed by atoms with Crippen molar-refractivity contribution in [3.05, 3.63) is 36.9 Å². The molecule has 1 aromatic carbocycles. The number of anilines is 2. The summed E-state index contributed by atoms with van der Waals surface area (Å²) in [6.45, 7) is 2.05. The number of amides is 3. The molecule has 4 aliphatic carbocycles. The van der Waals surface area contributed by atoms with Gasteiger partial charge in [0.15, 0.2) is 29.3 Å². The topological polar surface area (TPSA) is 210 Å². The van der Waals surface area contributed by atoms with Crippen molar-refractivity contribution in [1.82, 2.24) is 29.6 Å². The third-order valence-electron chi connectivity index (χ3n) is 9.52. The number of ether oxygens (including phenoxy) is 1. The van der Waals surface area contributed by atoms with Gasteiger partial charge in [-0.15, -0.1) is 0 Å². The van der Waals surface area contributed by atoms with Crippen LogP contribution in [0.3, 0.4) is 0 Å². The Morgan fingerprint density at radius 3 is 2.29 bits per heavy atom. The number of nitrogens with zero attached hydrogens (tertiary/aromatic N) is 4. The van der Waals surface area contributed by atoms with Crippen molar-refractivity contribution in [2.24, 2.45) is 17.8 Å². The van der Waals surface area contributed by atoms with Crippen molar-refractivity contribution >= 4 is 44.6 Å². The second kappa shape index (κ2) is 11.3. The predicted octanol–water partition coefficient (Wildman–Crippen LogP) is 1.47. The van der Waals surface area contributed by atoms with Crippen molar-refractivity contribution in [3.63, 3.8) is 0 Å². The molecule has 4 saturated carbocycles. The van der Waals surface area contributed by atoms with Gasteiger partial charge in [-0.1, -0.05) is 0 Å². The molecule has 3 aromatic rings. The first-order valence-electron chi connectivity index (χ1n) is 15.2. The maximum atomic E-state index is 13.3. The molecule has 5 fully saturated rings. The zero-order valence-corrected chi connectivity index (χ0v) is 25.4. The number of rotatable bonds is 8. The van der Waals surface area contributed by atoms with E-state index >= 15 is 0 Å². The number of benzene rings is 1. The minimum absolute atomic E-state index is 0.0588. The van der Waals surface area contributed by atoms with Gasteiger partial charge in [0, 0.05) is 17.8 Å². The van der Waals surface area contributed by atoms with E-state index in [1.807, 2.05) is 0 Å². The SMILES string of the molecule is CCNC(=O)[C@H]1O[C@@H](n2cnc3c(NC(=O)Nc4ccc(S(=O)(=O)NC56CC7CC(CC(C7)C5)C6)cc4)ncnc32)[C@H](O)[C@@H]1O. The lowest BCUT2D eigenvalue weighted by Crippen LogP contribution is -2.59. The number of hydrogen-bond acceptors (Lipinski definition) is 10. The van der Waals surface area contributed by atoms with E-state index < -0.39 is 46.5 Å². The molecule has 4 atom stereocenters. The van der Waals surface area contributed by atoms with Crippen molar-refractivity contribution in [3.8, 4) is 0 Å². The van der Waals surface area contributed by atoms with Gasteiger partial charge in [-0.3, -0.25) is 14.7 Å². The van der Waals surface area contributed by atoms with E-state index in [1.54, 1.807) is 6.92 Å². The van der Waals surface area contributed by atoms with Crippen LogP contribution < -0.4 is 20.7 Å². The molecule has 0 radical (unpaired) electrons. The van der Waals surface area contributed by atoms with Gasteiger partial charge in [-0.05, 0) is 87.5 Å². The number of carbonyl (C=O) groups is 2. The predicted molar refractivity (Wildman–Crippen MR) is 160 cm³/mol. The van der Waals surface area contributed by atoms with Crippen LogP contribution in [0.1, 0.15) is 51.7 Å². The smallest absolute Gasteiger partial charge is 0.324 e. The number of aliphatic hydroxyl groups is 2. The molecule has 8 rings (SSSR count). The van der Waals surface area contributed by atoms with Crippen LogP contribution in [0.15, 0.2) is 41.8 Å². The van der Waals surface area contributed by atoms with Crippen LogP contribution in [0.5, 0.6) is 0 Å². The number of hydrogen-bond donors (Lipinski definition) is 6. The first kappa shape index (κ1) is 30.0. The molecule has 3 heterocycles. The molecule has 0 unspecified atom stereocenters. The normalized spacial score (nSPS) is 32.1. The molecule has 16 heteroatoms. The summed E-state index contributed by atoms with van der Waals surface area (Å²) in [4.78, 5) is 37.8. The summed E-state index contributed by atoms with van der Waals surface area (Å²) in [5, 5.41) is 28.8. The molecular formula is C29H36N8O7S. The zero-order valence-electron chi connectivity index (χ0n) is 24.6. The average molecular weight is 641 g/mol. The Balaban J connectivity index is 1.01. The van der Waals surface area contributed by atoms with Crippen molar-refractivity contribution < 1.29 is 33.0 Å². The van der Waals surface area contributed by atoms with E-state index in [4.69, 9.17) is 4.74 Å². The van der Waals surface area contributed by atoms with Gasteiger partial charge in [-0.25, -0.2) is 32.9 Å². The molecule has 6 N–H and O–H groups in total. The van der Waals surface area contributed by atoms with Gasteiger partial charge < -0.3 is 25.6 Å². The molecule has 45 heavy (non-hydrogen) atoms. The second-order valence-electron chi connectivity index (χ2n) is 12.8. The highest BCUT2D eigenvalue weighted by Crippen LogP contribution is 2.56. The lowest BCUT2D eigenvalue weighted by Gasteiger charge is -2.56. The molecule has 3 amide bonds. The Kier molecular flexibility index (Phi) is 7.51. The molecule has 1 saturated heterocycles. The number of nitrogens with one attached hydrogen (secondary N) is 4. The summed E-state index contributed by atoms with van der Waals surface area (Å²) < 4.78 is 36.7. The standard InChI is InChI=1S/C29H36N8O7S/c1-2-30-26(40)23-21(38)22(39)27(44-23)37-14-33-20-24(31-13-32-25(20)37)35-28(41)34-18-3-5-19(6-4-18)45(42,43)36-29-10-15-7-16(11-29)9-17(8-15)12-29/h3-6,13-17,21-23,27,36,38-39H,2,7-12H2,1H3,(H,30,40)(H2,31,32,34,35,41)/t15?,16?,17?,21-,22+,23-,27+,29?/m0/s1. The van der Waals surface area contributed by atoms with E-state index in [2.05, 4.69) is 35.6 Å². The van der Waals surface area contributed by atoms with E-state index in [9.17, 15) is 28.2 Å². The third kappa shape index (κ3) is 5.54. The molecule has 0 spiro atoms. The summed E-state index contributed by atoms with van der Waals surface area (Å²) in [6.07, 6.45) is 3.47. The molecule has 4 bridgehead atoms. The molecule has 5 aliphatic rings. The Labute approximate surface area is 259 Å². The summed E-state index contributed by atoms with van der Waals surface area (Å²) in [6, 6.07) is 5.33. The third-order valence-corrected chi connectivity index (χ3v) is 11.1. The van der Waals surface area contributed by atoms with Crippen LogP contribution in [0.4, 0.5) is 16.3 Å². The van der Waals surface area contributed by atoms with E-state index in [-0.39, 0.29) is 27.4 Å². The average Bonchev–Trinajstić information content (AvgIpc) is 3.53. The largest absolute Gasteiger partial charge is 0.387 e. The van der Waals surface area contributed by atoms with Gasteiger partial charge in [-0.2, -0.15) is 0 Å². The quantitative estimate of drug-likeness (QED) is 0.209. The summed E-state index contributed by atoms with van der Waals surface area (Å²) in [5.41, 5.74) is 0.378. The number of urea groups is 1. The van der Waals surface area contributed by atoms with Gasteiger partial charge >= 0.3 is 6.03 Å². The monoisotopic (exact) mass is 640 g/mol. The van der Waals surface area contributed by atoms with E-state index in [0.29, 0.717) is 30.0 Å². The number of aliphatic hydroxyl groups excluding tert-OH is 2. The van der Waals surface area contributed by atoms with Crippen LogP contribution in [0, 0.1) is 17.8 Å². The maximum absolute atomic E-state index is 13.3. The molecule has 1 aliphatic heterocycles. The van der Waals surface area contributed by atoms with Gasteiger partial charge in [0.1, 0.15) is 18.5 Å². The van der Waals surface area contributed by atoms with Crippen molar-refractivity contribution in [1.29, 1.82) is 0 Å². The lowest BCUT2D eigenvalue weighted by molar-refractivity contribution is -0.137. The fourth-order valence-corrected chi connectivity index (χ4v) is 9.51. The number of sulfonamides is 1. The Hall–Kier alpha value is -3.70. The van der Waals surface area contributed by atoms with Crippen LogP contribution in [0.25, 0.3) is 11.2 Å². The number of likely N-dealkylation sites (N-methyl/N-ethyl adjacent to an activating group) is 1. The number of imidazole rings is 1. The first-order chi connectivity index (χ1) is 21.5. The minimum atomic E-state index is -3.74. The Bertz CT molecular complexity index is 1690. The zero-order chi connectivity index (χ0) is 31.5. The highest BCUT2D eigenvalue weighted by Gasteiger charge is 2.52. The van der Waals surface area contributed by atoms with Gasteiger partial charge in [0.2, 0.25) is 10.0 Å². The second-order valence-corrected chi connectivity index (χ2v) is 14.5.